The van der Waals surface area contributed by atoms with E-state index in [1.165, 1.54) is 0 Å². The quantitative estimate of drug-likeness (QED) is 0.666. The molecule has 0 radical (unpaired) electrons. The summed E-state index contributed by atoms with van der Waals surface area (Å²) in [5.41, 5.74) is 0.747. The number of aromatic nitrogens is 1. The molecule has 1 aliphatic rings. The summed E-state index contributed by atoms with van der Waals surface area (Å²) < 4.78 is 5.39. The number of hydrogen-bond acceptors (Lipinski definition) is 6. The van der Waals surface area contributed by atoms with Gasteiger partial charge in [-0.1, -0.05) is 0 Å². The van der Waals surface area contributed by atoms with E-state index in [9.17, 15) is 4.79 Å². The van der Waals surface area contributed by atoms with Gasteiger partial charge in [-0.15, -0.1) is 0 Å². The summed E-state index contributed by atoms with van der Waals surface area (Å²) in [5, 5.41) is 5.41. The third kappa shape index (κ3) is 5.01. The van der Waals surface area contributed by atoms with Crippen LogP contribution in [0.1, 0.15) is 40.5 Å². The van der Waals surface area contributed by atoms with Gasteiger partial charge in [0.2, 0.25) is 0 Å². The van der Waals surface area contributed by atoms with Crippen molar-refractivity contribution in [2.75, 3.05) is 18.0 Å². The zero-order valence-corrected chi connectivity index (χ0v) is 15.4. The number of nitrogens with zero attached hydrogens (tertiary/aromatic N) is 3. The molecule has 1 aliphatic heterocycles. The number of aliphatic imine (C=N–C) groups is 1. The third-order valence-electron chi connectivity index (χ3n) is 3.78. The van der Waals surface area contributed by atoms with Crippen LogP contribution in [0.4, 0.5) is 16.2 Å². The lowest BCUT2D eigenvalue weighted by Gasteiger charge is -2.42. The van der Waals surface area contributed by atoms with E-state index in [0.717, 1.165) is 25.1 Å². The average Bonchev–Trinajstić information content (AvgIpc) is 2.45. The summed E-state index contributed by atoms with van der Waals surface area (Å²) >= 11 is 4.71. The van der Waals surface area contributed by atoms with Gasteiger partial charge >= 0.3 is 6.09 Å². The maximum absolute atomic E-state index is 12.1. The van der Waals surface area contributed by atoms with Gasteiger partial charge in [-0.2, -0.15) is 4.99 Å². The first-order chi connectivity index (χ1) is 11.2. The molecular weight excluding hydrogens is 324 g/mol. The lowest BCUT2D eigenvalue weighted by atomic mass is 9.91. The number of anilines is 1. The molecule has 1 fully saturated rings. The minimum atomic E-state index is -0.513. The molecule has 1 atom stereocenters. The van der Waals surface area contributed by atoms with E-state index in [4.69, 9.17) is 17.0 Å². The number of piperidine rings is 1. The predicted molar refractivity (Wildman–Crippen MR) is 98.1 cm³/mol. The van der Waals surface area contributed by atoms with Crippen molar-refractivity contribution < 1.29 is 9.53 Å². The Balaban J connectivity index is 2.14. The monoisotopic (exact) mass is 348 g/mol. The highest BCUT2D eigenvalue weighted by Gasteiger charge is 2.34. The molecule has 6 nitrogen and oxygen atoms in total. The number of isothiocyanates is 1. The maximum Gasteiger partial charge on any atom is 0.408 e. The fraction of sp³-hybridized carbons (Fsp3) is 0.588. The van der Waals surface area contributed by atoms with E-state index >= 15 is 0 Å². The highest BCUT2D eigenvalue weighted by atomic mass is 32.1. The second-order valence-corrected chi connectivity index (χ2v) is 7.46. The Labute approximate surface area is 148 Å². The molecule has 7 heteroatoms. The van der Waals surface area contributed by atoms with Crippen LogP contribution in [0.5, 0.6) is 0 Å². The van der Waals surface area contributed by atoms with E-state index in [2.05, 4.69) is 25.4 Å². The number of carbonyl (C=O) groups is 1. The molecule has 1 amide bonds. The topological polar surface area (TPSA) is 66.8 Å². The van der Waals surface area contributed by atoms with E-state index in [1.807, 2.05) is 33.8 Å². The fourth-order valence-electron chi connectivity index (χ4n) is 2.88. The van der Waals surface area contributed by atoms with Crippen LogP contribution in [0.3, 0.4) is 0 Å². The van der Waals surface area contributed by atoms with E-state index in [0.29, 0.717) is 12.2 Å². The Kier molecular flexibility index (Phi) is 5.57. The zero-order valence-electron chi connectivity index (χ0n) is 14.6. The van der Waals surface area contributed by atoms with Crippen molar-refractivity contribution in [1.29, 1.82) is 0 Å². The Hall–Kier alpha value is -1.98. The Morgan fingerprint density at radius 3 is 2.96 bits per heavy atom. The van der Waals surface area contributed by atoms with Gasteiger partial charge < -0.3 is 15.0 Å². The number of ether oxygens (including phenoxy) is 1. The van der Waals surface area contributed by atoms with Gasteiger partial charge in [0.1, 0.15) is 11.3 Å². The molecule has 0 spiro atoms. The van der Waals surface area contributed by atoms with Gasteiger partial charge in [0.05, 0.1) is 22.6 Å². The normalized spacial score (nSPS) is 20.9. The maximum atomic E-state index is 12.1. The Bertz CT molecular complexity index is 652. The lowest BCUT2D eigenvalue weighted by molar-refractivity contribution is 0.0454. The van der Waals surface area contributed by atoms with Crippen LogP contribution in [0.25, 0.3) is 0 Å². The van der Waals surface area contributed by atoms with Crippen LogP contribution in [0, 0.1) is 0 Å². The van der Waals surface area contributed by atoms with Crippen molar-refractivity contribution in [2.45, 2.75) is 51.7 Å². The number of thiocarbonyl (C=S) groups is 1. The molecule has 2 heterocycles. The van der Waals surface area contributed by atoms with Crippen LogP contribution >= 0.6 is 12.2 Å². The fourth-order valence-corrected chi connectivity index (χ4v) is 2.98. The average molecular weight is 348 g/mol. The molecule has 0 saturated carbocycles. The predicted octanol–water partition coefficient (Wildman–Crippen LogP) is 3.70. The van der Waals surface area contributed by atoms with Crippen LogP contribution < -0.4 is 10.2 Å². The van der Waals surface area contributed by atoms with Crippen molar-refractivity contribution in [3.63, 3.8) is 0 Å². The van der Waals surface area contributed by atoms with Crippen molar-refractivity contribution in [3.05, 3.63) is 18.5 Å². The van der Waals surface area contributed by atoms with E-state index < -0.39 is 11.7 Å². The molecule has 24 heavy (non-hydrogen) atoms. The molecule has 1 aromatic rings. The van der Waals surface area contributed by atoms with Crippen LogP contribution in [0.15, 0.2) is 23.5 Å². The number of amides is 1. The van der Waals surface area contributed by atoms with Gasteiger partial charge in [0.15, 0.2) is 0 Å². The number of rotatable bonds is 3. The summed E-state index contributed by atoms with van der Waals surface area (Å²) in [4.78, 5) is 22.5. The van der Waals surface area contributed by atoms with Gasteiger partial charge in [0, 0.05) is 19.3 Å². The lowest BCUT2D eigenvalue weighted by Crippen LogP contribution is -2.57. The van der Waals surface area contributed by atoms with Gasteiger partial charge in [-0.3, -0.25) is 4.98 Å². The molecule has 1 saturated heterocycles. The minimum Gasteiger partial charge on any atom is -0.444 e. The molecule has 130 valence electrons. The summed E-state index contributed by atoms with van der Waals surface area (Å²) in [5.74, 6) is 0. The van der Waals surface area contributed by atoms with Crippen molar-refractivity contribution >= 4 is 34.8 Å². The first-order valence-electron chi connectivity index (χ1n) is 8.00. The van der Waals surface area contributed by atoms with Gasteiger partial charge in [0.25, 0.3) is 0 Å². The first kappa shape index (κ1) is 18.4. The SMILES string of the molecule is CC(C)(C)OC(=O)N[C@@]1(C)CCCN(c2ccncc2N=C=S)C1. The minimum absolute atomic E-state index is 0.373. The van der Waals surface area contributed by atoms with E-state index in [-0.39, 0.29) is 5.54 Å². The molecule has 2 rings (SSSR count). The van der Waals surface area contributed by atoms with Crippen molar-refractivity contribution in [3.8, 4) is 0 Å². The zero-order chi connectivity index (χ0) is 17.8. The third-order valence-corrected chi connectivity index (χ3v) is 3.87. The van der Waals surface area contributed by atoms with Crippen molar-refractivity contribution in [2.24, 2.45) is 4.99 Å². The van der Waals surface area contributed by atoms with Crippen LogP contribution in [-0.2, 0) is 4.74 Å². The molecule has 0 unspecified atom stereocenters. The highest BCUT2D eigenvalue weighted by molar-refractivity contribution is 7.78. The number of nitrogens with one attached hydrogen (secondary N) is 1. The summed E-state index contributed by atoms with van der Waals surface area (Å²) in [6, 6.07) is 1.91. The molecule has 1 aromatic heterocycles. The second-order valence-electron chi connectivity index (χ2n) is 7.28. The number of hydrogen-bond donors (Lipinski definition) is 1. The summed E-state index contributed by atoms with van der Waals surface area (Å²) in [6.07, 6.45) is 4.85. The van der Waals surface area contributed by atoms with Crippen molar-refractivity contribution in [1.82, 2.24) is 10.3 Å². The Morgan fingerprint density at radius 1 is 1.54 bits per heavy atom. The second kappa shape index (κ2) is 7.28. The number of alkyl carbamates (subject to hydrolysis) is 1. The smallest absolute Gasteiger partial charge is 0.408 e. The van der Waals surface area contributed by atoms with Crippen LogP contribution in [-0.4, -0.2) is 40.5 Å². The standard InChI is InChI=1S/C17H24N4O2S/c1-16(2,3)23-15(22)20-17(4)7-5-9-21(11-17)14-6-8-18-10-13(14)19-12-24/h6,8,10H,5,7,9,11H2,1-4H3,(H,20,22)/t17-/m0/s1. The summed E-state index contributed by atoms with van der Waals surface area (Å²) in [6.45, 7) is 9.15. The largest absolute Gasteiger partial charge is 0.444 e. The Morgan fingerprint density at radius 2 is 2.29 bits per heavy atom. The van der Waals surface area contributed by atoms with Crippen LogP contribution in [0.2, 0.25) is 0 Å². The molecule has 0 aliphatic carbocycles. The van der Waals surface area contributed by atoms with Gasteiger partial charge in [-0.25, -0.2) is 4.79 Å². The van der Waals surface area contributed by atoms with Gasteiger partial charge in [-0.05, 0) is 58.8 Å². The number of pyridine rings is 1. The number of carbonyl (C=O) groups excluding carboxylic acids is 1. The molecule has 0 bridgehead atoms. The first-order valence-corrected chi connectivity index (χ1v) is 8.41. The molecule has 1 N–H and O–H groups in total. The highest BCUT2D eigenvalue weighted by Crippen LogP contribution is 2.32. The summed E-state index contributed by atoms with van der Waals surface area (Å²) in [7, 11) is 0. The molecule has 0 aromatic carbocycles. The van der Waals surface area contributed by atoms with E-state index in [1.54, 1.807) is 12.4 Å². The molecular formula is C17H24N4O2S.